The molecule has 0 aliphatic rings. The molecule has 1 N–H and O–H groups in total. The maximum atomic E-state index is 14.9. The summed E-state index contributed by atoms with van der Waals surface area (Å²) in [6.07, 6.45) is 0.495. The Labute approximate surface area is 150 Å². The molecule has 0 fully saturated rings. The highest BCUT2D eigenvalue weighted by molar-refractivity contribution is 7.84. The first-order valence-electron chi connectivity index (χ1n) is 8.13. The number of nitrogens with one attached hydrogen (secondary N) is 1. The second kappa shape index (κ2) is 8.06. The Morgan fingerprint density at radius 3 is 2.32 bits per heavy atom. The molecule has 0 unspecified atom stereocenters. The monoisotopic (exact) mass is 367 g/mol. The fraction of sp³-hybridized carbons (Fsp3) is 0.368. The summed E-state index contributed by atoms with van der Waals surface area (Å²) in [5, 5.41) is 0. The fourth-order valence-electron chi connectivity index (χ4n) is 2.19. The molecule has 2 aromatic rings. The minimum Gasteiger partial charge on any atom is -0.451 e. The van der Waals surface area contributed by atoms with Crippen LogP contribution in [-0.4, -0.2) is 8.96 Å². The Balaban J connectivity index is 2.35. The molecule has 2 aromatic carbocycles. The van der Waals surface area contributed by atoms with Crippen molar-refractivity contribution in [2.45, 2.75) is 44.9 Å². The Morgan fingerprint density at radius 1 is 1.12 bits per heavy atom. The van der Waals surface area contributed by atoms with E-state index in [0.29, 0.717) is 12.2 Å². The zero-order chi connectivity index (χ0) is 18.6. The zero-order valence-electron chi connectivity index (χ0n) is 14.8. The Hall–Kier alpha value is -1.79. The van der Waals surface area contributed by atoms with Crippen LogP contribution in [0.4, 0.5) is 8.78 Å². The number of halogens is 2. The van der Waals surface area contributed by atoms with E-state index in [9.17, 15) is 13.0 Å². The quantitative estimate of drug-likeness (QED) is 0.756. The van der Waals surface area contributed by atoms with Gasteiger partial charge in [0.25, 0.3) is 0 Å². The lowest BCUT2D eigenvalue weighted by Crippen LogP contribution is -2.35. The Kier molecular flexibility index (Phi) is 6.30. The van der Waals surface area contributed by atoms with Gasteiger partial charge in [-0.1, -0.05) is 31.2 Å². The molecule has 0 amide bonds. The lowest BCUT2D eigenvalue weighted by Gasteiger charge is -2.24. The third-order valence-corrected chi connectivity index (χ3v) is 5.24. The van der Waals surface area contributed by atoms with Crippen LogP contribution >= 0.6 is 0 Å². The molecule has 0 bridgehead atoms. The van der Waals surface area contributed by atoms with Gasteiger partial charge in [-0.15, -0.1) is 0 Å². The molecule has 2 atom stereocenters. The summed E-state index contributed by atoms with van der Waals surface area (Å²) in [5.74, 6) is -1.67. The van der Waals surface area contributed by atoms with E-state index in [-0.39, 0.29) is 5.56 Å². The Bertz CT molecular complexity index is 745. The van der Waals surface area contributed by atoms with Gasteiger partial charge in [0.2, 0.25) is 0 Å². The maximum absolute atomic E-state index is 14.9. The molecule has 0 aliphatic heterocycles. The van der Waals surface area contributed by atoms with E-state index in [4.69, 9.17) is 4.74 Å². The predicted molar refractivity (Wildman–Crippen MR) is 96.9 cm³/mol. The first-order chi connectivity index (χ1) is 11.7. The van der Waals surface area contributed by atoms with Crippen LogP contribution in [0.3, 0.4) is 0 Å². The maximum Gasteiger partial charge on any atom is 0.198 e. The molecule has 0 heterocycles. The fourth-order valence-corrected chi connectivity index (χ4v) is 3.10. The van der Waals surface area contributed by atoms with Crippen molar-refractivity contribution >= 4 is 11.0 Å². The standard InChI is InChI=1S/C19H23F2NO2S/c1-5-16(22-25(23)19(2,3)4)14-11-12-15(20)18(17(14)21)24-13-9-7-6-8-10-13/h6-12,16,22H,5H2,1-4H3/t16-,25+/m0/s1. The van der Waals surface area contributed by atoms with Gasteiger partial charge in [-0.05, 0) is 45.4 Å². The third-order valence-electron chi connectivity index (χ3n) is 3.63. The molecular weight excluding hydrogens is 344 g/mol. The van der Waals surface area contributed by atoms with Gasteiger partial charge in [0.05, 0.1) is 15.7 Å². The van der Waals surface area contributed by atoms with E-state index in [1.165, 1.54) is 12.1 Å². The molecule has 0 aliphatic carbocycles. The van der Waals surface area contributed by atoms with Gasteiger partial charge in [0, 0.05) is 11.6 Å². The molecule has 3 nitrogen and oxygen atoms in total. The number of hydrogen-bond donors (Lipinski definition) is 1. The van der Waals surface area contributed by atoms with Crippen LogP contribution in [0, 0.1) is 11.6 Å². The number of ether oxygens (including phenoxy) is 1. The van der Waals surface area contributed by atoms with Crippen molar-refractivity contribution in [2.24, 2.45) is 0 Å². The molecule has 0 aromatic heterocycles. The number of para-hydroxylation sites is 1. The van der Waals surface area contributed by atoms with Crippen LogP contribution in [0.25, 0.3) is 0 Å². The van der Waals surface area contributed by atoms with Gasteiger partial charge in [-0.3, -0.25) is 0 Å². The van der Waals surface area contributed by atoms with Gasteiger partial charge in [-0.2, -0.15) is 0 Å². The normalized spacial score (nSPS) is 14.2. The molecular formula is C19H23F2NO2S. The van der Waals surface area contributed by atoms with E-state index in [2.05, 4.69) is 4.72 Å². The van der Waals surface area contributed by atoms with Crippen LogP contribution in [-0.2, 0) is 11.0 Å². The SMILES string of the molecule is CC[C@H](N[S@](=O)C(C)(C)C)c1ccc(F)c(Oc2ccccc2)c1F. The van der Waals surface area contributed by atoms with Crippen molar-refractivity contribution < 1.29 is 17.7 Å². The highest BCUT2D eigenvalue weighted by Crippen LogP contribution is 2.33. The summed E-state index contributed by atoms with van der Waals surface area (Å²) in [6.45, 7) is 7.33. The van der Waals surface area contributed by atoms with E-state index in [1.807, 2.05) is 27.7 Å². The summed E-state index contributed by atoms with van der Waals surface area (Å²) in [5.41, 5.74) is 0.229. The molecule has 0 saturated heterocycles. The van der Waals surface area contributed by atoms with Gasteiger partial charge < -0.3 is 4.74 Å². The highest BCUT2D eigenvalue weighted by atomic mass is 32.2. The van der Waals surface area contributed by atoms with Gasteiger partial charge >= 0.3 is 0 Å². The van der Waals surface area contributed by atoms with Gasteiger partial charge in [0.1, 0.15) is 5.75 Å². The van der Waals surface area contributed by atoms with Gasteiger partial charge in [0.15, 0.2) is 17.4 Å². The lowest BCUT2D eigenvalue weighted by atomic mass is 10.0. The summed E-state index contributed by atoms with van der Waals surface area (Å²) in [6, 6.07) is 10.5. The first kappa shape index (κ1) is 19.5. The first-order valence-corrected chi connectivity index (χ1v) is 9.28. The zero-order valence-corrected chi connectivity index (χ0v) is 15.6. The van der Waals surface area contributed by atoms with Crippen LogP contribution < -0.4 is 9.46 Å². The molecule has 0 saturated carbocycles. The summed E-state index contributed by atoms with van der Waals surface area (Å²) < 4.78 is 49.2. The summed E-state index contributed by atoms with van der Waals surface area (Å²) in [7, 11) is -1.38. The van der Waals surface area contributed by atoms with Gasteiger partial charge in [-0.25, -0.2) is 17.7 Å². The molecule has 25 heavy (non-hydrogen) atoms. The minimum atomic E-state index is -1.38. The topological polar surface area (TPSA) is 38.3 Å². The van der Waals surface area contributed by atoms with E-state index in [1.54, 1.807) is 30.3 Å². The van der Waals surface area contributed by atoms with Crippen molar-refractivity contribution in [3.05, 3.63) is 59.7 Å². The highest BCUT2D eigenvalue weighted by Gasteiger charge is 2.26. The Morgan fingerprint density at radius 2 is 1.76 bits per heavy atom. The van der Waals surface area contributed by atoms with E-state index in [0.717, 1.165) is 0 Å². The molecule has 6 heteroatoms. The van der Waals surface area contributed by atoms with Crippen LogP contribution in [0.1, 0.15) is 45.7 Å². The van der Waals surface area contributed by atoms with E-state index < -0.39 is 39.2 Å². The largest absolute Gasteiger partial charge is 0.451 e. The van der Waals surface area contributed by atoms with Crippen molar-refractivity contribution in [1.29, 1.82) is 0 Å². The minimum absolute atomic E-state index is 0.229. The average Bonchev–Trinajstić information content (AvgIpc) is 2.57. The van der Waals surface area contributed by atoms with Crippen molar-refractivity contribution in [1.82, 2.24) is 4.72 Å². The van der Waals surface area contributed by atoms with Crippen molar-refractivity contribution in [3.8, 4) is 11.5 Å². The molecule has 2 rings (SSSR count). The van der Waals surface area contributed by atoms with Crippen LogP contribution in [0.15, 0.2) is 42.5 Å². The predicted octanol–water partition coefficient (Wildman–Crippen LogP) is 5.26. The number of hydrogen-bond acceptors (Lipinski definition) is 2. The third kappa shape index (κ3) is 4.86. The second-order valence-electron chi connectivity index (χ2n) is 6.65. The van der Waals surface area contributed by atoms with E-state index >= 15 is 0 Å². The van der Waals surface area contributed by atoms with Crippen LogP contribution in [0.2, 0.25) is 0 Å². The summed E-state index contributed by atoms with van der Waals surface area (Å²) >= 11 is 0. The summed E-state index contributed by atoms with van der Waals surface area (Å²) in [4.78, 5) is 0. The average molecular weight is 367 g/mol. The molecule has 0 radical (unpaired) electrons. The van der Waals surface area contributed by atoms with Crippen molar-refractivity contribution in [3.63, 3.8) is 0 Å². The van der Waals surface area contributed by atoms with Crippen LogP contribution in [0.5, 0.6) is 11.5 Å². The smallest absolute Gasteiger partial charge is 0.198 e. The number of rotatable bonds is 6. The lowest BCUT2D eigenvalue weighted by molar-refractivity contribution is 0.399. The van der Waals surface area contributed by atoms with Crippen molar-refractivity contribution in [2.75, 3.05) is 0 Å². The molecule has 0 spiro atoms. The second-order valence-corrected chi connectivity index (χ2v) is 8.65. The molecule has 136 valence electrons. The number of benzene rings is 2.